The average molecular weight is 226 g/mol. The molecule has 3 amide bonds. The lowest BCUT2D eigenvalue weighted by Gasteiger charge is -2.13. The van der Waals surface area contributed by atoms with Crippen molar-refractivity contribution in [3.05, 3.63) is 29.0 Å². The molecule has 1 N–H and O–H groups in total. The fourth-order valence-electron chi connectivity index (χ4n) is 1.35. The molecule has 2 rings (SSSR count). The maximum atomic E-state index is 11.2. The van der Waals surface area contributed by atoms with E-state index >= 15 is 0 Å². The zero-order valence-corrected chi connectivity index (χ0v) is 8.49. The van der Waals surface area contributed by atoms with Crippen molar-refractivity contribution in [1.82, 2.24) is 15.2 Å². The van der Waals surface area contributed by atoms with Crippen molar-refractivity contribution in [2.45, 2.75) is 6.54 Å². The Morgan fingerprint density at radius 2 is 2.33 bits per heavy atom. The van der Waals surface area contributed by atoms with Crippen molar-refractivity contribution in [3.8, 4) is 0 Å². The van der Waals surface area contributed by atoms with Crippen molar-refractivity contribution in [1.29, 1.82) is 0 Å². The summed E-state index contributed by atoms with van der Waals surface area (Å²) in [6, 6.07) is 1.34. The lowest BCUT2D eigenvalue weighted by molar-refractivity contribution is -0.118. The number of carbonyl (C=O) groups is 2. The molecule has 6 heteroatoms. The first-order valence-corrected chi connectivity index (χ1v) is 4.72. The van der Waals surface area contributed by atoms with E-state index in [0.29, 0.717) is 11.6 Å². The SMILES string of the molecule is O=C1CN(Cc2ccncc2Cl)C(=O)N1. The highest BCUT2D eigenvalue weighted by Gasteiger charge is 2.26. The van der Waals surface area contributed by atoms with Crippen LogP contribution in [0.4, 0.5) is 4.79 Å². The second-order valence-corrected chi connectivity index (χ2v) is 3.58. The third-order valence-electron chi connectivity index (χ3n) is 2.09. The Bertz CT molecular complexity index is 422. The topological polar surface area (TPSA) is 62.3 Å². The minimum absolute atomic E-state index is 0.0808. The Hall–Kier alpha value is -1.62. The Morgan fingerprint density at radius 3 is 2.93 bits per heavy atom. The molecule has 0 aromatic carbocycles. The van der Waals surface area contributed by atoms with Gasteiger partial charge in [-0.15, -0.1) is 0 Å². The second kappa shape index (κ2) is 3.86. The number of hydrogen-bond donors (Lipinski definition) is 1. The molecule has 1 aliphatic heterocycles. The van der Waals surface area contributed by atoms with Crippen LogP contribution >= 0.6 is 11.6 Å². The summed E-state index contributed by atoms with van der Waals surface area (Å²) in [4.78, 5) is 27.4. The number of carbonyl (C=O) groups excluding carboxylic acids is 2. The van der Waals surface area contributed by atoms with E-state index < -0.39 is 0 Å². The number of pyridine rings is 1. The Labute approximate surface area is 91.0 Å². The number of amides is 3. The lowest BCUT2D eigenvalue weighted by Crippen LogP contribution is -2.27. The molecule has 5 nitrogen and oxygen atoms in total. The van der Waals surface area contributed by atoms with Crippen LogP contribution in [0.1, 0.15) is 5.56 Å². The van der Waals surface area contributed by atoms with Gasteiger partial charge in [-0.05, 0) is 11.6 Å². The van der Waals surface area contributed by atoms with E-state index in [-0.39, 0.29) is 18.5 Å². The molecule has 1 saturated heterocycles. The summed E-state index contributed by atoms with van der Waals surface area (Å²) in [7, 11) is 0. The summed E-state index contributed by atoms with van der Waals surface area (Å²) in [6.45, 7) is 0.399. The van der Waals surface area contributed by atoms with E-state index in [0.717, 1.165) is 5.56 Å². The lowest BCUT2D eigenvalue weighted by atomic mass is 10.2. The third kappa shape index (κ3) is 2.07. The highest BCUT2D eigenvalue weighted by atomic mass is 35.5. The van der Waals surface area contributed by atoms with Gasteiger partial charge in [0.2, 0.25) is 5.91 Å². The molecule has 0 aliphatic carbocycles. The predicted molar refractivity (Wildman–Crippen MR) is 53.2 cm³/mol. The van der Waals surface area contributed by atoms with E-state index in [2.05, 4.69) is 10.3 Å². The highest BCUT2D eigenvalue weighted by Crippen LogP contribution is 2.16. The molecular formula is C9H8ClN3O2. The Balaban J connectivity index is 2.13. The minimum Gasteiger partial charge on any atom is -0.311 e. The second-order valence-electron chi connectivity index (χ2n) is 3.18. The summed E-state index contributed by atoms with van der Waals surface area (Å²) < 4.78 is 0. The van der Waals surface area contributed by atoms with Gasteiger partial charge in [-0.25, -0.2) is 4.79 Å². The zero-order chi connectivity index (χ0) is 10.8. The number of aromatic nitrogens is 1. The zero-order valence-electron chi connectivity index (χ0n) is 7.74. The minimum atomic E-state index is -0.382. The Morgan fingerprint density at radius 1 is 1.53 bits per heavy atom. The Kier molecular flexibility index (Phi) is 2.55. The van der Waals surface area contributed by atoms with Gasteiger partial charge < -0.3 is 4.90 Å². The van der Waals surface area contributed by atoms with Crippen LogP contribution in [-0.4, -0.2) is 28.4 Å². The largest absolute Gasteiger partial charge is 0.324 e. The van der Waals surface area contributed by atoms with Crippen LogP contribution < -0.4 is 5.32 Å². The molecule has 0 spiro atoms. The maximum Gasteiger partial charge on any atom is 0.324 e. The molecule has 78 valence electrons. The third-order valence-corrected chi connectivity index (χ3v) is 2.43. The predicted octanol–water partition coefficient (Wildman–Crippen LogP) is 0.787. The van der Waals surface area contributed by atoms with Crippen molar-refractivity contribution in [2.24, 2.45) is 0 Å². The number of nitrogens with one attached hydrogen (secondary N) is 1. The van der Waals surface area contributed by atoms with Crippen molar-refractivity contribution >= 4 is 23.5 Å². The molecule has 1 aliphatic rings. The van der Waals surface area contributed by atoms with Gasteiger partial charge in [0, 0.05) is 18.9 Å². The van der Waals surface area contributed by atoms with Crippen LogP contribution in [0.25, 0.3) is 0 Å². The van der Waals surface area contributed by atoms with E-state index in [1.165, 1.54) is 11.1 Å². The van der Waals surface area contributed by atoms with Crippen LogP contribution in [-0.2, 0) is 11.3 Å². The molecule has 0 unspecified atom stereocenters. The fourth-order valence-corrected chi connectivity index (χ4v) is 1.53. The number of halogens is 1. The summed E-state index contributed by atoms with van der Waals surface area (Å²) in [6.07, 6.45) is 3.10. The quantitative estimate of drug-likeness (QED) is 0.757. The van der Waals surface area contributed by atoms with Gasteiger partial charge in [0.1, 0.15) is 6.54 Å². The molecule has 1 aromatic heterocycles. The van der Waals surface area contributed by atoms with Gasteiger partial charge in [-0.1, -0.05) is 11.6 Å². The van der Waals surface area contributed by atoms with Crippen molar-refractivity contribution in [2.75, 3.05) is 6.54 Å². The van der Waals surface area contributed by atoms with Gasteiger partial charge in [-0.3, -0.25) is 15.1 Å². The smallest absolute Gasteiger partial charge is 0.311 e. The molecular weight excluding hydrogens is 218 g/mol. The van der Waals surface area contributed by atoms with Crippen LogP contribution in [0.2, 0.25) is 5.02 Å². The average Bonchev–Trinajstić information content (AvgIpc) is 2.49. The molecule has 0 bridgehead atoms. The summed E-state index contributed by atoms with van der Waals surface area (Å²) >= 11 is 5.88. The van der Waals surface area contributed by atoms with E-state index in [1.807, 2.05) is 0 Å². The van der Waals surface area contributed by atoms with Gasteiger partial charge in [0.05, 0.1) is 5.02 Å². The number of urea groups is 1. The fraction of sp³-hybridized carbons (Fsp3) is 0.222. The summed E-state index contributed by atoms with van der Waals surface area (Å²) in [5.41, 5.74) is 0.775. The molecule has 15 heavy (non-hydrogen) atoms. The van der Waals surface area contributed by atoms with Gasteiger partial charge in [0.15, 0.2) is 0 Å². The first-order valence-electron chi connectivity index (χ1n) is 4.34. The van der Waals surface area contributed by atoms with E-state index in [4.69, 9.17) is 11.6 Å². The van der Waals surface area contributed by atoms with E-state index in [9.17, 15) is 9.59 Å². The van der Waals surface area contributed by atoms with Crippen LogP contribution in [0, 0.1) is 0 Å². The van der Waals surface area contributed by atoms with Crippen LogP contribution in [0.5, 0.6) is 0 Å². The van der Waals surface area contributed by atoms with Crippen molar-refractivity contribution < 1.29 is 9.59 Å². The summed E-state index contributed by atoms with van der Waals surface area (Å²) in [5.74, 6) is -0.287. The normalized spacial score (nSPS) is 15.7. The van der Waals surface area contributed by atoms with Gasteiger partial charge in [0.25, 0.3) is 0 Å². The summed E-state index contributed by atoms with van der Waals surface area (Å²) in [5, 5.41) is 2.69. The van der Waals surface area contributed by atoms with Crippen LogP contribution in [0.3, 0.4) is 0 Å². The molecule has 0 radical (unpaired) electrons. The number of imide groups is 1. The van der Waals surface area contributed by atoms with E-state index in [1.54, 1.807) is 12.3 Å². The van der Waals surface area contributed by atoms with Gasteiger partial charge in [-0.2, -0.15) is 0 Å². The first kappa shape index (κ1) is 9.92. The standard InChI is InChI=1S/C9H8ClN3O2/c10-7-3-11-2-1-6(7)4-13-5-8(14)12-9(13)15/h1-3H,4-5H2,(H,12,14,15). The highest BCUT2D eigenvalue weighted by molar-refractivity contribution is 6.31. The molecule has 0 saturated carbocycles. The number of rotatable bonds is 2. The van der Waals surface area contributed by atoms with Crippen LogP contribution in [0.15, 0.2) is 18.5 Å². The molecule has 1 aromatic rings. The molecule has 2 heterocycles. The first-order chi connectivity index (χ1) is 7.16. The van der Waals surface area contributed by atoms with Gasteiger partial charge >= 0.3 is 6.03 Å². The van der Waals surface area contributed by atoms with Crippen molar-refractivity contribution in [3.63, 3.8) is 0 Å². The number of hydrogen-bond acceptors (Lipinski definition) is 3. The monoisotopic (exact) mass is 225 g/mol. The molecule has 0 atom stereocenters. The number of nitrogens with zero attached hydrogens (tertiary/aromatic N) is 2. The molecule has 1 fully saturated rings. The maximum absolute atomic E-state index is 11.2.